The first-order valence-corrected chi connectivity index (χ1v) is 8.53. The molecule has 0 aromatic rings. The Morgan fingerprint density at radius 2 is 1.30 bits per heavy atom. The Kier molecular flexibility index (Phi) is 15.9. The lowest BCUT2D eigenvalue weighted by Crippen LogP contribution is -2.01. The van der Waals surface area contributed by atoms with Gasteiger partial charge in [0.15, 0.2) is 0 Å². The SMILES string of the molecule is CCCCCCCCCCCCCC/C=C/C(O)[C]=O. The second-order valence-corrected chi connectivity index (χ2v) is 5.67. The highest BCUT2D eigenvalue weighted by molar-refractivity contribution is 5.59. The second-order valence-electron chi connectivity index (χ2n) is 5.67. The summed E-state index contributed by atoms with van der Waals surface area (Å²) in [6, 6.07) is 0. The third-order valence-electron chi connectivity index (χ3n) is 3.66. The summed E-state index contributed by atoms with van der Waals surface area (Å²) in [6.07, 6.45) is 21.1. The van der Waals surface area contributed by atoms with Crippen LogP contribution in [0.3, 0.4) is 0 Å². The first kappa shape index (κ1) is 19.4. The minimum atomic E-state index is -1.03. The number of allylic oxidation sites excluding steroid dienone is 1. The third-order valence-corrected chi connectivity index (χ3v) is 3.66. The van der Waals surface area contributed by atoms with Gasteiger partial charge in [0.2, 0.25) is 6.29 Å². The molecule has 0 saturated carbocycles. The molecule has 0 amide bonds. The fraction of sp³-hybridized carbons (Fsp3) is 0.833. The number of aliphatic hydroxyl groups excluding tert-OH is 1. The minimum Gasteiger partial charge on any atom is -0.381 e. The van der Waals surface area contributed by atoms with Crippen molar-refractivity contribution in [3.63, 3.8) is 0 Å². The monoisotopic (exact) mass is 281 g/mol. The van der Waals surface area contributed by atoms with E-state index in [1.165, 1.54) is 83.0 Å². The summed E-state index contributed by atoms with van der Waals surface area (Å²) in [7, 11) is 0. The maximum Gasteiger partial charge on any atom is 0.233 e. The smallest absolute Gasteiger partial charge is 0.233 e. The van der Waals surface area contributed by atoms with Gasteiger partial charge in [0, 0.05) is 0 Å². The van der Waals surface area contributed by atoms with Crippen LogP contribution >= 0.6 is 0 Å². The second kappa shape index (κ2) is 16.4. The van der Waals surface area contributed by atoms with Crippen LogP contribution in [0.25, 0.3) is 0 Å². The number of carbonyl (C=O) groups excluding carboxylic acids is 1. The molecule has 117 valence electrons. The Morgan fingerprint density at radius 1 is 0.850 bits per heavy atom. The standard InChI is InChI=1S/C18H33O2/c1-2-3-4-5-6-7-8-9-10-11-12-13-14-15-16-18(20)17-19/h15-16,18,20H,2-14H2,1H3/b16-15+. The van der Waals surface area contributed by atoms with E-state index in [1.807, 2.05) is 6.08 Å². The number of hydrogen-bond acceptors (Lipinski definition) is 2. The molecule has 0 aliphatic rings. The van der Waals surface area contributed by atoms with Crippen LogP contribution in [0, 0.1) is 0 Å². The molecule has 2 heteroatoms. The van der Waals surface area contributed by atoms with Gasteiger partial charge in [-0.1, -0.05) is 89.7 Å². The van der Waals surface area contributed by atoms with Gasteiger partial charge in [0.1, 0.15) is 6.10 Å². The van der Waals surface area contributed by atoms with Gasteiger partial charge in [-0.2, -0.15) is 0 Å². The number of rotatable bonds is 15. The molecule has 0 aromatic carbocycles. The lowest BCUT2D eigenvalue weighted by atomic mass is 10.0. The van der Waals surface area contributed by atoms with Crippen molar-refractivity contribution in [3.05, 3.63) is 12.2 Å². The predicted molar refractivity (Wildman–Crippen MR) is 86.5 cm³/mol. The van der Waals surface area contributed by atoms with E-state index in [4.69, 9.17) is 5.11 Å². The summed E-state index contributed by atoms with van der Waals surface area (Å²) in [4.78, 5) is 10.0. The van der Waals surface area contributed by atoms with Crippen LogP contribution in [0.5, 0.6) is 0 Å². The first-order chi connectivity index (χ1) is 9.81. The molecule has 0 saturated heterocycles. The number of aliphatic hydroxyl groups is 1. The van der Waals surface area contributed by atoms with Gasteiger partial charge in [0.25, 0.3) is 0 Å². The quantitative estimate of drug-likeness (QED) is 0.335. The van der Waals surface area contributed by atoms with Crippen molar-refractivity contribution in [2.45, 2.75) is 96.5 Å². The molecule has 2 nitrogen and oxygen atoms in total. The molecule has 0 heterocycles. The zero-order valence-electron chi connectivity index (χ0n) is 13.3. The van der Waals surface area contributed by atoms with E-state index in [2.05, 4.69) is 6.92 Å². The van der Waals surface area contributed by atoms with Crippen molar-refractivity contribution in [2.75, 3.05) is 0 Å². The molecule has 1 radical (unpaired) electrons. The summed E-state index contributed by atoms with van der Waals surface area (Å²) in [5.41, 5.74) is 0. The lowest BCUT2D eigenvalue weighted by molar-refractivity contribution is 0.280. The van der Waals surface area contributed by atoms with E-state index in [9.17, 15) is 4.79 Å². The summed E-state index contributed by atoms with van der Waals surface area (Å²) < 4.78 is 0. The Labute approximate surface area is 125 Å². The number of hydrogen-bond donors (Lipinski definition) is 1. The maximum atomic E-state index is 10.0. The van der Waals surface area contributed by atoms with Crippen LogP contribution < -0.4 is 0 Å². The van der Waals surface area contributed by atoms with Crippen LogP contribution in [0.1, 0.15) is 90.4 Å². The van der Waals surface area contributed by atoms with E-state index in [-0.39, 0.29) is 0 Å². The normalized spacial score (nSPS) is 12.9. The van der Waals surface area contributed by atoms with Crippen LogP contribution in [-0.4, -0.2) is 17.5 Å². The maximum absolute atomic E-state index is 10.0. The Bertz CT molecular complexity index is 223. The summed E-state index contributed by atoms with van der Waals surface area (Å²) >= 11 is 0. The highest BCUT2D eigenvalue weighted by Gasteiger charge is 1.95. The largest absolute Gasteiger partial charge is 0.381 e. The first-order valence-electron chi connectivity index (χ1n) is 8.53. The van der Waals surface area contributed by atoms with Crippen molar-refractivity contribution >= 4 is 6.29 Å². The van der Waals surface area contributed by atoms with E-state index in [1.54, 1.807) is 0 Å². The predicted octanol–water partition coefficient (Wildman–Crippen LogP) is 5.10. The summed E-state index contributed by atoms with van der Waals surface area (Å²) in [6.45, 7) is 2.26. The Morgan fingerprint density at radius 3 is 1.75 bits per heavy atom. The van der Waals surface area contributed by atoms with Crippen LogP contribution in [0.15, 0.2) is 12.2 Å². The molecule has 1 N–H and O–H groups in total. The molecule has 1 unspecified atom stereocenters. The summed E-state index contributed by atoms with van der Waals surface area (Å²) in [5.74, 6) is 0. The molecule has 0 aromatic heterocycles. The van der Waals surface area contributed by atoms with Gasteiger partial charge in [-0.3, -0.25) is 4.79 Å². The third kappa shape index (κ3) is 15.4. The fourth-order valence-corrected chi connectivity index (χ4v) is 2.37. The zero-order chi connectivity index (χ0) is 14.9. The van der Waals surface area contributed by atoms with Gasteiger partial charge < -0.3 is 5.11 Å². The molecule has 0 fully saturated rings. The Balaban J connectivity index is 3.06. The van der Waals surface area contributed by atoms with Crippen LogP contribution in [0.4, 0.5) is 0 Å². The van der Waals surface area contributed by atoms with E-state index in [0.717, 1.165) is 12.8 Å². The van der Waals surface area contributed by atoms with E-state index < -0.39 is 6.10 Å². The van der Waals surface area contributed by atoms with Crippen molar-refractivity contribution in [3.8, 4) is 0 Å². The Hall–Kier alpha value is -0.630. The molecule has 0 aliphatic carbocycles. The minimum absolute atomic E-state index is 0.955. The van der Waals surface area contributed by atoms with Crippen LogP contribution in [-0.2, 0) is 4.79 Å². The molecule has 1 atom stereocenters. The van der Waals surface area contributed by atoms with Gasteiger partial charge in [-0.15, -0.1) is 0 Å². The topological polar surface area (TPSA) is 37.3 Å². The summed E-state index contributed by atoms with van der Waals surface area (Å²) in [5, 5.41) is 8.94. The molecular formula is C18H33O2. The lowest BCUT2D eigenvalue weighted by Gasteiger charge is -2.02. The highest BCUT2D eigenvalue weighted by atomic mass is 16.3. The molecule has 0 rings (SSSR count). The van der Waals surface area contributed by atoms with Gasteiger partial charge in [-0.25, -0.2) is 0 Å². The molecule has 20 heavy (non-hydrogen) atoms. The molecule has 0 bridgehead atoms. The van der Waals surface area contributed by atoms with Crippen molar-refractivity contribution in [1.82, 2.24) is 0 Å². The average molecular weight is 281 g/mol. The van der Waals surface area contributed by atoms with Gasteiger partial charge in [-0.05, 0) is 12.8 Å². The number of unbranched alkanes of at least 4 members (excludes halogenated alkanes) is 12. The zero-order valence-corrected chi connectivity index (χ0v) is 13.3. The van der Waals surface area contributed by atoms with Crippen LogP contribution in [0.2, 0.25) is 0 Å². The van der Waals surface area contributed by atoms with Crippen molar-refractivity contribution < 1.29 is 9.90 Å². The van der Waals surface area contributed by atoms with Gasteiger partial charge in [0.05, 0.1) is 0 Å². The molecule has 0 spiro atoms. The van der Waals surface area contributed by atoms with E-state index in [0.29, 0.717) is 0 Å². The highest BCUT2D eigenvalue weighted by Crippen LogP contribution is 2.12. The average Bonchev–Trinajstić information content (AvgIpc) is 2.47. The van der Waals surface area contributed by atoms with Gasteiger partial charge >= 0.3 is 0 Å². The molecular weight excluding hydrogens is 248 g/mol. The molecule has 0 aliphatic heterocycles. The van der Waals surface area contributed by atoms with Crippen molar-refractivity contribution in [1.29, 1.82) is 0 Å². The fourth-order valence-electron chi connectivity index (χ4n) is 2.37. The van der Waals surface area contributed by atoms with E-state index >= 15 is 0 Å². The van der Waals surface area contributed by atoms with Crippen molar-refractivity contribution in [2.24, 2.45) is 0 Å².